The third-order valence-corrected chi connectivity index (χ3v) is 3.95. The number of rotatable bonds is 0. The Bertz CT molecular complexity index is 343. The molecular weight excluding hydrogens is 300 g/mol. The van der Waals surface area contributed by atoms with Crippen LogP contribution in [0.25, 0.3) is 0 Å². The van der Waals surface area contributed by atoms with Gasteiger partial charge in [-0.3, -0.25) is 0 Å². The molecule has 70 valence electrons. The fraction of sp³-hybridized carbons (Fsp3) is 0.333. The highest BCUT2D eigenvalue weighted by atomic mass is 127. The Morgan fingerprint density at radius 3 is 3.08 bits per heavy atom. The summed E-state index contributed by atoms with van der Waals surface area (Å²) in [5.74, 6) is 0.882. The van der Waals surface area contributed by atoms with Crippen LogP contribution in [-0.2, 0) is 0 Å². The summed E-state index contributed by atoms with van der Waals surface area (Å²) in [6.07, 6.45) is 0.864. The van der Waals surface area contributed by atoms with Gasteiger partial charge in [-0.25, -0.2) is 0 Å². The summed E-state index contributed by atoms with van der Waals surface area (Å²) in [7, 11) is 0. The first-order valence-corrected chi connectivity index (χ1v) is 5.52. The predicted octanol–water partition coefficient (Wildman–Crippen LogP) is 2.73. The maximum atomic E-state index is 5.99. The number of hydrogen-bond donors (Lipinski definition) is 1. The van der Waals surface area contributed by atoms with Crippen LogP contribution in [0.3, 0.4) is 0 Å². The van der Waals surface area contributed by atoms with Gasteiger partial charge in [0.2, 0.25) is 0 Å². The van der Waals surface area contributed by atoms with Crippen LogP contribution < -0.4 is 10.5 Å². The fourth-order valence-corrected chi connectivity index (χ4v) is 2.47. The van der Waals surface area contributed by atoms with Crippen LogP contribution in [0.1, 0.15) is 18.0 Å². The lowest BCUT2D eigenvalue weighted by atomic mass is 10.0. The molecule has 1 heterocycles. The topological polar surface area (TPSA) is 35.2 Å². The standard InChI is InChI=1S/C9H9ClINO/c10-5-1-2-7-8(9(5)11)6(12)3-4-13-7/h1-2,6H,3-4,12H2/t6-/m0/s1. The van der Waals surface area contributed by atoms with E-state index < -0.39 is 0 Å². The second kappa shape index (κ2) is 3.63. The van der Waals surface area contributed by atoms with E-state index in [1.54, 1.807) is 0 Å². The van der Waals surface area contributed by atoms with Crippen LogP contribution >= 0.6 is 34.2 Å². The summed E-state index contributed by atoms with van der Waals surface area (Å²) in [5, 5.41) is 0.750. The van der Waals surface area contributed by atoms with Gasteiger partial charge in [0.1, 0.15) is 5.75 Å². The Balaban J connectivity index is 2.58. The molecule has 2 N–H and O–H groups in total. The molecule has 0 saturated heterocycles. The predicted molar refractivity (Wildman–Crippen MR) is 61.2 cm³/mol. The lowest BCUT2D eigenvalue weighted by Gasteiger charge is -2.24. The molecular formula is C9H9ClINO. The highest BCUT2D eigenvalue weighted by molar-refractivity contribution is 14.1. The highest BCUT2D eigenvalue weighted by Crippen LogP contribution is 2.37. The van der Waals surface area contributed by atoms with E-state index in [1.807, 2.05) is 12.1 Å². The maximum absolute atomic E-state index is 5.99. The smallest absolute Gasteiger partial charge is 0.125 e. The molecule has 1 aromatic rings. The minimum atomic E-state index is 0.0642. The summed E-state index contributed by atoms with van der Waals surface area (Å²) in [6, 6.07) is 3.80. The number of fused-ring (bicyclic) bond motifs is 1. The van der Waals surface area contributed by atoms with Gasteiger partial charge in [0.05, 0.1) is 11.6 Å². The zero-order valence-electron chi connectivity index (χ0n) is 6.89. The summed E-state index contributed by atoms with van der Waals surface area (Å²) < 4.78 is 6.50. The second-order valence-corrected chi connectivity index (χ2v) is 4.50. The van der Waals surface area contributed by atoms with Crippen molar-refractivity contribution in [3.05, 3.63) is 26.3 Å². The lowest BCUT2D eigenvalue weighted by molar-refractivity contribution is 0.268. The minimum Gasteiger partial charge on any atom is -0.493 e. The van der Waals surface area contributed by atoms with Crippen molar-refractivity contribution >= 4 is 34.2 Å². The molecule has 0 aromatic heterocycles. The Labute approximate surface area is 95.5 Å². The Morgan fingerprint density at radius 1 is 1.54 bits per heavy atom. The molecule has 1 aliphatic rings. The van der Waals surface area contributed by atoms with Gasteiger partial charge in [-0.2, -0.15) is 0 Å². The third kappa shape index (κ3) is 1.65. The van der Waals surface area contributed by atoms with Gasteiger partial charge in [0.15, 0.2) is 0 Å². The molecule has 1 aliphatic heterocycles. The van der Waals surface area contributed by atoms with E-state index in [4.69, 9.17) is 22.1 Å². The Hall–Kier alpha value is -0.000000000000000111. The van der Waals surface area contributed by atoms with Crippen LogP contribution in [0.15, 0.2) is 12.1 Å². The van der Waals surface area contributed by atoms with Crippen molar-refractivity contribution in [1.82, 2.24) is 0 Å². The van der Waals surface area contributed by atoms with Gasteiger partial charge < -0.3 is 10.5 Å². The molecule has 1 aromatic carbocycles. The van der Waals surface area contributed by atoms with Crippen molar-refractivity contribution in [2.75, 3.05) is 6.61 Å². The molecule has 0 saturated carbocycles. The van der Waals surface area contributed by atoms with Crippen LogP contribution in [-0.4, -0.2) is 6.61 Å². The zero-order valence-corrected chi connectivity index (χ0v) is 9.80. The van der Waals surface area contributed by atoms with Crippen LogP contribution in [0, 0.1) is 3.57 Å². The summed E-state index contributed by atoms with van der Waals surface area (Å²) >= 11 is 8.20. The van der Waals surface area contributed by atoms with Gasteiger partial charge in [-0.1, -0.05) is 11.6 Å². The van der Waals surface area contributed by atoms with Crippen molar-refractivity contribution in [2.24, 2.45) is 5.73 Å². The minimum absolute atomic E-state index is 0.0642. The van der Waals surface area contributed by atoms with Crippen molar-refractivity contribution in [1.29, 1.82) is 0 Å². The van der Waals surface area contributed by atoms with E-state index in [-0.39, 0.29) is 6.04 Å². The number of nitrogens with two attached hydrogens (primary N) is 1. The normalized spacial score (nSPS) is 20.7. The number of halogens is 2. The largest absolute Gasteiger partial charge is 0.493 e. The van der Waals surface area contributed by atoms with E-state index >= 15 is 0 Å². The summed E-state index contributed by atoms with van der Waals surface area (Å²) in [4.78, 5) is 0. The van der Waals surface area contributed by atoms with E-state index in [0.29, 0.717) is 6.61 Å². The Kier molecular flexibility index (Phi) is 2.67. The first kappa shape index (κ1) is 9.55. The monoisotopic (exact) mass is 309 g/mol. The van der Waals surface area contributed by atoms with Crippen molar-refractivity contribution in [2.45, 2.75) is 12.5 Å². The number of ether oxygens (including phenoxy) is 1. The highest BCUT2D eigenvalue weighted by Gasteiger charge is 2.21. The molecule has 0 fully saturated rings. The average Bonchev–Trinajstić information content (AvgIpc) is 2.12. The van der Waals surface area contributed by atoms with Crippen LogP contribution in [0.2, 0.25) is 5.02 Å². The van der Waals surface area contributed by atoms with Gasteiger partial charge in [-0.15, -0.1) is 0 Å². The van der Waals surface area contributed by atoms with Gasteiger partial charge in [-0.05, 0) is 34.7 Å². The van der Waals surface area contributed by atoms with E-state index in [0.717, 1.165) is 26.3 Å². The fourth-order valence-electron chi connectivity index (χ4n) is 1.46. The molecule has 0 amide bonds. The van der Waals surface area contributed by atoms with Crippen molar-refractivity contribution in [3.63, 3.8) is 0 Å². The van der Waals surface area contributed by atoms with Crippen LogP contribution in [0.5, 0.6) is 5.75 Å². The lowest BCUT2D eigenvalue weighted by Crippen LogP contribution is -2.21. The number of hydrogen-bond acceptors (Lipinski definition) is 2. The summed E-state index contributed by atoms with van der Waals surface area (Å²) in [6.45, 7) is 0.700. The maximum Gasteiger partial charge on any atom is 0.125 e. The molecule has 0 unspecified atom stereocenters. The second-order valence-electron chi connectivity index (χ2n) is 3.02. The molecule has 4 heteroatoms. The van der Waals surface area contributed by atoms with Gasteiger partial charge >= 0.3 is 0 Å². The molecule has 2 rings (SSSR count). The average molecular weight is 310 g/mol. The van der Waals surface area contributed by atoms with E-state index in [9.17, 15) is 0 Å². The third-order valence-electron chi connectivity index (χ3n) is 2.15. The molecule has 0 bridgehead atoms. The zero-order chi connectivity index (χ0) is 9.42. The van der Waals surface area contributed by atoms with Gasteiger partial charge in [0, 0.05) is 21.6 Å². The number of benzene rings is 1. The molecule has 0 spiro atoms. The first-order chi connectivity index (χ1) is 6.20. The van der Waals surface area contributed by atoms with E-state index in [2.05, 4.69) is 22.6 Å². The first-order valence-electron chi connectivity index (χ1n) is 4.06. The molecule has 2 nitrogen and oxygen atoms in total. The van der Waals surface area contributed by atoms with Crippen LogP contribution in [0.4, 0.5) is 0 Å². The summed E-state index contributed by atoms with van der Waals surface area (Å²) in [5.41, 5.74) is 7.03. The molecule has 0 radical (unpaired) electrons. The van der Waals surface area contributed by atoms with Crippen molar-refractivity contribution in [3.8, 4) is 5.75 Å². The van der Waals surface area contributed by atoms with Crippen molar-refractivity contribution < 1.29 is 4.74 Å². The molecule has 13 heavy (non-hydrogen) atoms. The van der Waals surface area contributed by atoms with Gasteiger partial charge in [0.25, 0.3) is 0 Å². The Morgan fingerprint density at radius 2 is 2.31 bits per heavy atom. The molecule has 0 aliphatic carbocycles. The quantitative estimate of drug-likeness (QED) is 0.748. The SMILES string of the molecule is N[C@H]1CCOc2ccc(Cl)c(I)c21. The van der Waals surface area contributed by atoms with E-state index in [1.165, 1.54) is 0 Å². The molecule has 1 atom stereocenters.